The van der Waals surface area contributed by atoms with Crippen LogP contribution in [0.25, 0.3) is 0 Å². The molecule has 0 radical (unpaired) electrons. The van der Waals surface area contributed by atoms with Crippen LogP contribution in [0.3, 0.4) is 0 Å². The maximum atomic E-state index is 13.3. The van der Waals surface area contributed by atoms with Crippen molar-refractivity contribution in [3.63, 3.8) is 0 Å². The molecule has 3 atom stereocenters. The first-order valence-corrected chi connectivity index (χ1v) is 9.55. The molecule has 0 rings (SSSR count). The Hall–Kier alpha value is -1.30. The van der Waals surface area contributed by atoms with Crippen LogP contribution in [0.4, 0.5) is 4.79 Å². The molecule has 0 fully saturated rings. The van der Waals surface area contributed by atoms with Gasteiger partial charge in [-0.1, -0.05) is 41.0 Å². The molecule has 26 heavy (non-hydrogen) atoms. The number of rotatable bonds is 8. The summed E-state index contributed by atoms with van der Waals surface area (Å²) in [4.78, 5) is 27.3. The van der Waals surface area contributed by atoms with E-state index in [1.54, 1.807) is 32.8 Å². The van der Waals surface area contributed by atoms with Gasteiger partial charge in [-0.2, -0.15) is 0 Å². The lowest BCUT2D eigenvalue weighted by atomic mass is 9.85. The van der Waals surface area contributed by atoms with E-state index in [1.807, 2.05) is 27.7 Å². The van der Waals surface area contributed by atoms with Crippen molar-refractivity contribution in [1.29, 1.82) is 0 Å². The van der Waals surface area contributed by atoms with Crippen LogP contribution in [-0.4, -0.2) is 48.4 Å². The summed E-state index contributed by atoms with van der Waals surface area (Å²) in [5.41, 5.74) is -1.08. The number of alkyl carbamates (subject to hydrolysis) is 1. The van der Waals surface area contributed by atoms with Crippen LogP contribution < -0.4 is 5.32 Å². The molecule has 1 N–H and O–H groups in total. The zero-order chi connectivity index (χ0) is 20.7. The van der Waals surface area contributed by atoms with Crippen LogP contribution in [-0.2, 0) is 14.3 Å². The maximum Gasteiger partial charge on any atom is 0.408 e. The van der Waals surface area contributed by atoms with Gasteiger partial charge in [0.15, 0.2) is 0 Å². The monoisotopic (exact) mass is 372 g/mol. The van der Waals surface area contributed by atoms with Crippen LogP contribution in [0.5, 0.6) is 0 Å². The summed E-state index contributed by atoms with van der Waals surface area (Å²) in [5.74, 6) is 0.198. The minimum Gasteiger partial charge on any atom is -0.444 e. The zero-order valence-corrected chi connectivity index (χ0v) is 18.4. The molecule has 2 amide bonds. The Kier molecular flexibility index (Phi) is 9.64. The number of methoxy groups -OCH3 is 1. The molecule has 0 aliphatic rings. The molecule has 0 spiro atoms. The van der Waals surface area contributed by atoms with Crippen LogP contribution in [0.1, 0.15) is 75.2 Å². The van der Waals surface area contributed by atoms with Gasteiger partial charge in [0, 0.05) is 13.7 Å². The molecule has 0 saturated heterocycles. The second kappa shape index (κ2) is 10.1. The summed E-state index contributed by atoms with van der Waals surface area (Å²) in [6, 6.07) is -0.705. The topological polar surface area (TPSA) is 67.9 Å². The summed E-state index contributed by atoms with van der Waals surface area (Å²) in [6.07, 6.45) is 1.13. The number of carbonyl (C=O) groups is 2. The number of nitrogens with one attached hydrogen (secondary N) is 1. The van der Waals surface area contributed by atoms with Crippen molar-refractivity contribution in [2.24, 2.45) is 11.3 Å². The second-order valence-corrected chi connectivity index (χ2v) is 9.16. The second-order valence-electron chi connectivity index (χ2n) is 9.16. The van der Waals surface area contributed by atoms with E-state index in [0.717, 1.165) is 12.8 Å². The van der Waals surface area contributed by atoms with E-state index in [9.17, 15) is 9.59 Å². The van der Waals surface area contributed by atoms with Crippen molar-refractivity contribution in [3.8, 4) is 0 Å². The fourth-order valence-corrected chi connectivity index (χ4v) is 2.70. The lowest BCUT2D eigenvalue weighted by Crippen LogP contribution is -2.58. The van der Waals surface area contributed by atoms with Gasteiger partial charge in [-0.3, -0.25) is 4.79 Å². The molecule has 0 aromatic rings. The van der Waals surface area contributed by atoms with Crippen LogP contribution >= 0.6 is 0 Å². The fraction of sp³-hybridized carbons (Fsp3) is 0.900. The highest BCUT2D eigenvalue weighted by molar-refractivity contribution is 5.86. The third-order valence-electron chi connectivity index (χ3n) is 4.13. The van der Waals surface area contributed by atoms with Gasteiger partial charge in [0.05, 0.1) is 0 Å². The maximum absolute atomic E-state index is 13.3. The number of ether oxygens (including phenoxy) is 2. The molecule has 6 nitrogen and oxygen atoms in total. The summed E-state index contributed by atoms with van der Waals surface area (Å²) in [5, 5.41) is 2.77. The van der Waals surface area contributed by atoms with Crippen molar-refractivity contribution in [1.82, 2.24) is 10.2 Å². The highest BCUT2D eigenvalue weighted by Crippen LogP contribution is 2.24. The van der Waals surface area contributed by atoms with Crippen molar-refractivity contribution in [3.05, 3.63) is 0 Å². The summed E-state index contributed by atoms with van der Waals surface area (Å²) >= 11 is 0. The normalized spacial score (nSPS) is 15.8. The predicted molar refractivity (Wildman–Crippen MR) is 105 cm³/mol. The van der Waals surface area contributed by atoms with E-state index in [0.29, 0.717) is 12.5 Å². The number of carbonyl (C=O) groups excluding carboxylic acids is 2. The molecular formula is C20H40N2O4. The van der Waals surface area contributed by atoms with Crippen molar-refractivity contribution in [2.45, 2.75) is 93.0 Å². The van der Waals surface area contributed by atoms with E-state index in [1.165, 1.54) is 0 Å². The van der Waals surface area contributed by atoms with E-state index < -0.39 is 23.2 Å². The van der Waals surface area contributed by atoms with Gasteiger partial charge in [-0.05, 0) is 45.4 Å². The molecule has 0 saturated carbocycles. The van der Waals surface area contributed by atoms with Crippen molar-refractivity contribution >= 4 is 12.0 Å². The number of hydrogen-bond acceptors (Lipinski definition) is 4. The average molecular weight is 373 g/mol. The van der Waals surface area contributed by atoms with Gasteiger partial charge < -0.3 is 19.7 Å². The van der Waals surface area contributed by atoms with E-state index >= 15 is 0 Å². The Morgan fingerprint density at radius 3 is 2.00 bits per heavy atom. The Morgan fingerprint density at radius 2 is 1.62 bits per heavy atom. The quantitative estimate of drug-likeness (QED) is 0.649. The molecule has 0 aromatic heterocycles. The summed E-state index contributed by atoms with van der Waals surface area (Å²) in [6.45, 7) is 17.9. The molecule has 0 aliphatic heterocycles. The van der Waals surface area contributed by atoms with Gasteiger partial charge in [-0.25, -0.2) is 4.79 Å². The first kappa shape index (κ1) is 24.7. The molecule has 0 heterocycles. The minimum atomic E-state index is -0.705. The highest BCUT2D eigenvalue weighted by atomic mass is 16.6. The number of amides is 2. The van der Waals surface area contributed by atoms with Gasteiger partial charge in [0.25, 0.3) is 0 Å². The first-order valence-electron chi connectivity index (χ1n) is 9.55. The van der Waals surface area contributed by atoms with Crippen LogP contribution in [0, 0.1) is 11.3 Å². The Balaban J connectivity index is 5.47. The highest BCUT2D eigenvalue weighted by Gasteiger charge is 2.38. The molecule has 0 bridgehead atoms. The molecular weight excluding hydrogens is 332 g/mol. The molecule has 0 aliphatic carbocycles. The van der Waals surface area contributed by atoms with Crippen LogP contribution in [0.2, 0.25) is 0 Å². The third kappa shape index (κ3) is 8.88. The minimum absolute atomic E-state index is 0.152. The van der Waals surface area contributed by atoms with Gasteiger partial charge in [-0.15, -0.1) is 0 Å². The van der Waals surface area contributed by atoms with Crippen molar-refractivity contribution < 1.29 is 19.1 Å². The summed E-state index contributed by atoms with van der Waals surface area (Å²) < 4.78 is 10.8. The first-order chi connectivity index (χ1) is 11.7. The Bertz CT molecular complexity index is 452. The SMILES string of the molecule is CCCC(C)CN(C(=O)C(NC(=O)OC(C)(C)C)C(C)(C)C)C(C)OC. The Morgan fingerprint density at radius 1 is 1.08 bits per heavy atom. The lowest BCUT2D eigenvalue weighted by molar-refractivity contribution is -0.148. The third-order valence-corrected chi connectivity index (χ3v) is 4.13. The van der Waals surface area contributed by atoms with Crippen molar-refractivity contribution in [2.75, 3.05) is 13.7 Å². The van der Waals surface area contributed by atoms with Gasteiger partial charge in [0.1, 0.15) is 17.9 Å². The van der Waals surface area contributed by atoms with E-state index in [2.05, 4.69) is 19.2 Å². The fourth-order valence-electron chi connectivity index (χ4n) is 2.70. The lowest BCUT2D eigenvalue weighted by Gasteiger charge is -2.38. The summed E-state index contributed by atoms with van der Waals surface area (Å²) in [7, 11) is 1.59. The average Bonchev–Trinajstić information content (AvgIpc) is 2.46. The number of nitrogens with zero attached hydrogens (tertiary/aromatic N) is 1. The smallest absolute Gasteiger partial charge is 0.408 e. The van der Waals surface area contributed by atoms with Gasteiger partial charge in [0.2, 0.25) is 5.91 Å². The Labute approximate surface area is 160 Å². The standard InChI is InChI=1S/C20H40N2O4/c1-11-12-14(2)13-22(15(3)25-10)17(23)16(19(4,5)6)21-18(24)26-20(7,8)9/h14-16H,11-13H2,1-10H3,(H,21,24). The van der Waals surface area contributed by atoms with Gasteiger partial charge >= 0.3 is 6.09 Å². The zero-order valence-electron chi connectivity index (χ0n) is 18.4. The molecule has 6 heteroatoms. The molecule has 3 unspecified atom stereocenters. The largest absolute Gasteiger partial charge is 0.444 e. The molecule has 154 valence electrons. The van der Waals surface area contributed by atoms with E-state index in [-0.39, 0.29) is 12.1 Å². The predicted octanol–water partition coefficient (Wildman–Crippen LogP) is 4.18. The van der Waals surface area contributed by atoms with Crippen LogP contribution in [0.15, 0.2) is 0 Å². The number of hydrogen-bond donors (Lipinski definition) is 1. The van der Waals surface area contributed by atoms with E-state index in [4.69, 9.17) is 9.47 Å². The molecule has 0 aromatic carbocycles.